The second-order valence-electron chi connectivity index (χ2n) is 6.24. The third kappa shape index (κ3) is 4.33. The molecule has 0 radical (unpaired) electrons. The normalized spacial score (nSPS) is 11.7. The minimum Gasteiger partial charge on any atom is -0.490 e. The molecule has 3 rings (SSSR count). The van der Waals surface area contributed by atoms with E-state index in [1.807, 2.05) is 19.9 Å². The van der Waals surface area contributed by atoms with Crippen LogP contribution in [0.4, 0.5) is 5.69 Å². The quantitative estimate of drug-likeness (QED) is 0.403. The van der Waals surface area contributed by atoms with Gasteiger partial charge in [0, 0.05) is 11.6 Å². The fourth-order valence-electron chi connectivity index (χ4n) is 2.93. The average Bonchev–Trinajstić information content (AvgIpc) is 3.24. The number of nitro benzene ring substituents is 1. The van der Waals surface area contributed by atoms with Crippen LogP contribution in [0.15, 0.2) is 36.4 Å². The van der Waals surface area contributed by atoms with Gasteiger partial charge in [-0.2, -0.15) is 5.10 Å². The van der Waals surface area contributed by atoms with Gasteiger partial charge < -0.3 is 19.9 Å². The van der Waals surface area contributed by atoms with Gasteiger partial charge in [-0.05, 0) is 43.7 Å². The Morgan fingerprint density at radius 1 is 1.10 bits per heavy atom. The molecule has 0 spiro atoms. The molecule has 0 saturated heterocycles. The number of H-pyrrole nitrogens is 1. The van der Waals surface area contributed by atoms with Crippen molar-refractivity contribution in [3.63, 3.8) is 0 Å². The first-order chi connectivity index (χ1) is 14.5. The molecule has 0 amide bonds. The van der Waals surface area contributed by atoms with E-state index < -0.39 is 11.0 Å². The van der Waals surface area contributed by atoms with Crippen molar-refractivity contribution in [3.8, 4) is 28.6 Å². The Kier molecular flexibility index (Phi) is 6.48. The lowest BCUT2D eigenvalue weighted by atomic mass is 10.1. The zero-order chi connectivity index (χ0) is 21.7. The van der Waals surface area contributed by atoms with Crippen LogP contribution in [0.25, 0.3) is 11.4 Å². The van der Waals surface area contributed by atoms with Gasteiger partial charge in [-0.3, -0.25) is 15.2 Å². The van der Waals surface area contributed by atoms with E-state index in [2.05, 4.69) is 15.2 Å². The summed E-state index contributed by atoms with van der Waals surface area (Å²) >= 11 is 0. The minimum atomic E-state index is -0.602. The third-order valence-corrected chi connectivity index (χ3v) is 4.36. The molecule has 2 aromatic carbocycles. The molecule has 0 fully saturated rings. The summed E-state index contributed by atoms with van der Waals surface area (Å²) in [7, 11) is 1.37. The second-order valence-corrected chi connectivity index (χ2v) is 6.24. The van der Waals surface area contributed by atoms with Gasteiger partial charge in [0.2, 0.25) is 0 Å². The first-order valence-electron chi connectivity index (χ1n) is 9.38. The lowest BCUT2D eigenvalue weighted by molar-refractivity contribution is -0.385. The number of hydrogen-bond acceptors (Lipinski definition) is 8. The van der Waals surface area contributed by atoms with Crippen LogP contribution >= 0.6 is 0 Å². The van der Waals surface area contributed by atoms with Crippen LogP contribution in [0.2, 0.25) is 0 Å². The van der Waals surface area contributed by atoms with E-state index in [9.17, 15) is 10.1 Å². The number of rotatable bonds is 9. The smallest absolute Gasteiger partial charge is 0.311 e. The predicted octanol–water partition coefficient (Wildman–Crippen LogP) is 3.23. The number of methoxy groups -OCH3 is 1. The van der Waals surface area contributed by atoms with Gasteiger partial charge >= 0.3 is 5.69 Å². The summed E-state index contributed by atoms with van der Waals surface area (Å²) in [5.74, 6) is 2.10. The summed E-state index contributed by atoms with van der Waals surface area (Å²) < 4.78 is 16.2. The Balaban J connectivity index is 1.90. The Morgan fingerprint density at radius 3 is 2.47 bits per heavy atom. The maximum atomic E-state index is 11.3. The van der Waals surface area contributed by atoms with Gasteiger partial charge in [-0.15, -0.1) is 0 Å². The van der Waals surface area contributed by atoms with Crippen molar-refractivity contribution < 1.29 is 19.1 Å². The summed E-state index contributed by atoms with van der Waals surface area (Å²) in [4.78, 5) is 15.2. The maximum Gasteiger partial charge on any atom is 0.311 e. The number of aromatic nitrogens is 3. The van der Waals surface area contributed by atoms with E-state index in [0.29, 0.717) is 41.9 Å². The van der Waals surface area contributed by atoms with E-state index in [1.54, 1.807) is 18.2 Å². The topological polar surface area (TPSA) is 138 Å². The number of hydrogen-bond donors (Lipinski definition) is 2. The van der Waals surface area contributed by atoms with E-state index in [4.69, 9.17) is 19.9 Å². The van der Waals surface area contributed by atoms with Gasteiger partial charge in [0.15, 0.2) is 23.1 Å². The molecule has 0 aliphatic heterocycles. The van der Waals surface area contributed by atoms with Crippen molar-refractivity contribution in [2.24, 2.45) is 5.73 Å². The summed E-state index contributed by atoms with van der Waals surface area (Å²) in [5, 5.41) is 18.2. The molecule has 1 atom stereocenters. The Bertz CT molecular complexity index is 1040. The minimum absolute atomic E-state index is 0.161. The molecule has 0 bridgehead atoms. The third-order valence-electron chi connectivity index (χ3n) is 4.36. The fourth-order valence-corrected chi connectivity index (χ4v) is 2.93. The monoisotopic (exact) mass is 413 g/mol. The molecule has 158 valence electrons. The molecule has 10 nitrogen and oxygen atoms in total. The zero-order valence-electron chi connectivity index (χ0n) is 16.9. The van der Waals surface area contributed by atoms with Crippen LogP contribution in [-0.4, -0.2) is 40.4 Å². The van der Waals surface area contributed by atoms with Crippen molar-refractivity contribution >= 4 is 5.69 Å². The summed E-state index contributed by atoms with van der Waals surface area (Å²) in [6.45, 7) is 4.79. The van der Waals surface area contributed by atoms with Gasteiger partial charge in [0.1, 0.15) is 5.82 Å². The summed E-state index contributed by atoms with van der Waals surface area (Å²) in [6.07, 6.45) is 0. The molecular weight excluding hydrogens is 390 g/mol. The number of ether oxygens (including phenoxy) is 3. The number of nitro groups is 1. The highest BCUT2D eigenvalue weighted by atomic mass is 16.6. The zero-order valence-corrected chi connectivity index (χ0v) is 16.9. The highest BCUT2D eigenvalue weighted by molar-refractivity contribution is 5.63. The summed E-state index contributed by atoms with van der Waals surface area (Å²) in [6, 6.07) is 9.35. The van der Waals surface area contributed by atoms with Crippen LogP contribution in [0.1, 0.15) is 31.3 Å². The van der Waals surface area contributed by atoms with Gasteiger partial charge in [0.05, 0.1) is 31.3 Å². The maximum absolute atomic E-state index is 11.3. The first-order valence-corrected chi connectivity index (χ1v) is 9.38. The van der Waals surface area contributed by atoms with Crippen LogP contribution in [0, 0.1) is 10.1 Å². The molecule has 1 unspecified atom stereocenters. The second kappa shape index (κ2) is 9.23. The van der Waals surface area contributed by atoms with Crippen LogP contribution in [-0.2, 0) is 0 Å². The molecule has 3 N–H and O–H groups in total. The van der Waals surface area contributed by atoms with E-state index >= 15 is 0 Å². The number of aromatic amines is 1. The molecular formula is C20H23N5O5. The Hall–Kier alpha value is -3.66. The molecule has 0 saturated carbocycles. The largest absolute Gasteiger partial charge is 0.490 e. The molecule has 0 aliphatic carbocycles. The van der Waals surface area contributed by atoms with E-state index in [0.717, 1.165) is 5.56 Å². The van der Waals surface area contributed by atoms with Crippen molar-refractivity contribution in [2.75, 3.05) is 20.3 Å². The van der Waals surface area contributed by atoms with Gasteiger partial charge in [-0.25, -0.2) is 4.98 Å². The predicted molar refractivity (Wildman–Crippen MR) is 110 cm³/mol. The van der Waals surface area contributed by atoms with Crippen LogP contribution in [0.5, 0.6) is 17.2 Å². The van der Waals surface area contributed by atoms with Crippen molar-refractivity contribution in [2.45, 2.75) is 19.9 Å². The lowest BCUT2D eigenvalue weighted by Gasteiger charge is -2.14. The molecule has 30 heavy (non-hydrogen) atoms. The van der Waals surface area contributed by atoms with E-state index in [1.165, 1.54) is 19.2 Å². The summed E-state index contributed by atoms with van der Waals surface area (Å²) in [5.41, 5.74) is 7.42. The Labute approximate surface area is 173 Å². The van der Waals surface area contributed by atoms with E-state index in [-0.39, 0.29) is 11.4 Å². The van der Waals surface area contributed by atoms with Crippen molar-refractivity contribution in [3.05, 3.63) is 57.9 Å². The molecule has 3 aromatic rings. The van der Waals surface area contributed by atoms with Gasteiger partial charge in [-0.1, -0.05) is 6.07 Å². The van der Waals surface area contributed by atoms with Crippen LogP contribution in [0.3, 0.4) is 0 Å². The number of nitrogens with one attached hydrogen (secondary N) is 1. The fraction of sp³-hybridized carbons (Fsp3) is 0.300. The molecule has 1 aromatic heterocycles. The number of nitrogens with zero attached hydrogens (tertiary/aromatic N) is 3. The molecule has 10 heteroatoms. The molecule has 1 heterocycles. The number of benzene rings is 2. The van der Waals surface area contributed by atoms with Gasteiger partial charge in [0.25, 0.3) is 0 Å². The first kappa shape index (κ1) is 21.1. The lowest BCUT2D eigenvalue weighted by Crippen LogP contribution is -2.14. The highest BCUT2D eigenvalue weighted by Gasteiger charge is 2.20. The van der Waals surface area contributed by atoms with Crippen molar-refractivity contribution in [1.29, 1.82) is 0 Å². The Morgan fingerprint density at radius 2 is 1.80 bits per heavy atom. The average molecular weight is 413 g/mol. The highest BCUT2D eigenvalue weighted by Crippen LogP contribution is 2.33. The number of nitrogens with two attached hydrogens (primary N) is 1. The van der Waals surface area contributed by atoms with Crippen molar-refractivity contribution in [1.82, 2.24) is 15.2 Å². The van der Waals surface area contributed by atoms with Crippen LogP contribution < -0.4 is 19.9 Å². The molecule has 0 aliphatic rings. The SMILES string of the molecule is CCOc1ccc(C(N)c2nc(-c3ccc(OC)c([N+](=O)[O-])c3)n[nH]2)cc1OCC. The standard InChI is InChI=1S/C20H23N5O5/c1-4-29-16-9-6-12(11-17(16)30-5-2)18(21)20-22-19(23-24-20)13-7-8-15(28-3)14(10-13)25(26)27/h6-11,18H,4-5,21H2,1-3H3,(H,22,23,24).